The normalized spacial score (nSPS) is 12.3. The summed E-state index contributed by atoms with van der Waals surface area (Å²) in [6, 6.07) is 41.4. The van der Waals surface area contributed by atoms with Crippen molar-refractivity contribution in [1.82, 2.24) is 0 Å². The summed E-state index contributed by atoms with van der Waals surface area (Å²) in [5.41, 5.74) is 4.04. The van der Waals surface area contributed by atoms with Crippen LogP contribution in [0.3, 0.4) is 0 Å². The summed E-state index contributed by atoms with van der Waals surface area (Å²) in [4.78, 5) is 51.0. The summed E-state index contributed by atoms with van der Waals surface area (Å²) in [7, 11) is -0.0448. The van der Waals surface area contributed by atoms with Gasteiger partial charge in [0.15, 0.2) is 14.7 Å². The van der Waals surface area contributed by atoms with Gasteiger partial charge in [0.25, 0.3) is 0 Å². The van der Waals surface area contributed by atoms with Crippen LogP contribution in [0.15, 0.2) is 148 Å². The van der Waals surface area contributed by atoms with E-state index in [0.717, 1.165) is 0 Å². The molecular formula is C39H35O8S+. The van der Waals surface area contributed by atoms with Gasteiger partial charge in [-0.05, 0) is 80.9 Å². The van der Waals surface area contributed by atoms with Crippen LogP contribution in [0, 0.1) is 20.8 Å². The van der Waals surface area contributed by atoms with Crippen molar-refractivity contribution in [3.8, 4) is 0 Å². The second-order valence-electron chi connectivity index (χ2n) is 10.8. The molecule has 0 saturated carbocycles. The van der Waals surface area contributed by atoms with Crippen molar-refractivity contribution in [3.63, 3.8) is 0 Å². The molecule has 8 nitrogen and oxygen atoms in total. The average Bonchev–Trinajstić information content (AvgIpc) is 3.10. The molecule has 48 heavy (non-hydrogen) atoms. The number of carboxylic acids is 2. The number of benzene rings is 5. The second-order valence-corrected chi connectivity index (χ2v) is 12.8. The summed E-state index contributed by atoms with van der Waals surface area (Å²) in [5.74, 6) is -5.63. The monoisotopic (exact) mass is 663 g/mol. The Morgan fingerprint density at radius 1 is 0.521 bits per heavy atom. The molecule has 0 amide bonds. The number of aliphatic carboxylic acids is 2. The molecule has 0 aliphatic heterocycles. The van der Waals surface area contributed by atoms with E-state index in [4.69, 9.17) is 9.47 Å². The third-order valence-corrected chi connectivity index (χ3v) is 9.41. The van der Waals surface area contributed by atoms with Gasteiger partial charge in [-0.15, -0.1) is 0 Å². The van der Waals surface area contributed by atoms with Crippen molar-refractivity contribution in [2.45, 2.75) is 47.7 Å². The number of rotatable bonds is 10. The third-order valence-electron chi connectivity index (χ3n) is 7.05. The molecule has 0 spiro atoms. The van der Waals surface area contributed by atoms with Crippen LogP contribution in [-0.4, -0.2) is 46.3 Å². The number of ether oxygens (including phenoxy) is 2. The Balaban J connectivity index is 0.000000219. The van der Waals surface area contributed by atoms with Crippen molar-refractivity contribution < 1.29 is 38.9 Å². The minimum absolute atomic E-state index is 0.0253. The molecule has 0 heterocycles. The van der Waals surface area contributed by atoms with Gasteiger partial charge in [-0.25, -0.2) is 19.2 Å². The topological polar surface area (TPSA) is 127 Å². The molecule has 2 N–H and O–H groups in total. The van der Waals surface area contributed by atoms with E-state index in [2.05, 4.69) is 93.6 Å². The molecule has 3 atom stereocenters. The van der Waals surface area contributed by atoms with Gasteiger partial charge in [-0.2, -0.15) is 0 Å². The fourth-order valence-electron chi connectivity index (χ4n) is 4.55. The van der Waals surface area contributed by atoms with Crippen LogP contribution in [0.2, 0.25) is 0 Å². The Bertz CT molecular complexity index is 1770. The standard InChI is InChI=1S/C21H21S.C18H14O8/c1-16-10-13-20(14-11-16)22(19-7-5-4-6-8-19)21-15-17(2)9-12-18(21)3;19-15(20)13(25-17(23)11-7-3-1-4-8-11)14(16(21)22)26-18(24)12-9-5-2-6-10-12/h4-15H,1-3H3;1-10,13-14H,(H,19,20)(H,21,22)/q+1;. The predicted molar refractivity (Wildman–Crippen MR) is 182 cm³/mol. The first-order valence-electron chi connectivity index (χ1n) is 15.0. The van der Waals surface area contributed by atoms with Crippen LogP contribution in [0.25, 0.3) is 0 Å². The van der Waals surface area contributed by atoms with Gasteiger partial charge >= 0.3 is 23.9 Å². The van der Waals surface area contributed by atoms with Crippen molar-refractivity contribution in [1.29, 1.82) is 0 Å². The Hall–Kier alpha value is -5.67. The third kappa shape index (κ3) is 9.43. The minimum atomic E-state index is -2.21. The molecule has 0 bridgehead atoms. The maximum Gasteiger partial charge on any atom is 0.349 e. The van der Waals surface area contributed by atoms with E-state index in [-0.39, 0.29) is 22.0 Å². The molecule has 0 aliphatic carbocycles. The highest BCUT2D eigenvalue weighted by molar-refractivity contribution is 7.97. The Labute approximate surface area is 282 Å². The zero-order valence-corrected chi connectivity index (χ0v) is 27.4. The fourth-order valence-corrected chi connectivity index (χ4v) is 6.86. The number of carboxylic acid groups (broad SMARTS) is 2. The van der Waals surface area contributed by atoms with E-state index in [0.29, 0.717) is 0 Å². The molecule has 0 radical (unpaired) electrons. The van der Waals surface area contributed by atoms with Crippen LogP contribution >= 0.6 is 0 Å². The Kier molecular flexibility index (Phi) is 12.3. The number of aryl methyl sites for hydroxylation is 3. The Morgan fingerprint density at radius 3 is 1.35 bits per heavy atom. The van der Waals surface area contributed by atoms with Gasteiger partial charge in [0.05, 0.1) is 22.0 Å². The van der Waals surface area contributed by atoms with Crippen molar-refractivity contribution in [3.05, 3.63) is 161 Å². The lowest BCUT2D eigenvalue weighted by Gasteiger charge is -2.21. The molecule has 0 saturated heterocycles. The summed E-state index contributed by atoms with van der Waals surface area (Å²) >= 11 is 0. The second kappa shape index (κ2) is 16.8. The van der Waals surface area contributed by atoms with Crippen molar-refractivity contribution >= 4 is 34.8 Å². The highest BCUT2D eigenvalue weighted by Crippen LogP contribution is 2.33. The number of hydrogen-bond donors (Lipinski definition) is 2. The first kappa shape index (κ1) is 35.2. The van der Waals surface area contributed by atoms with Crippen LogP contribution in [0.1, 0.15) is 37.4 Å². The van der Waals surface area contributed by atoms with Crippen molar-refractivity contribution in [2.24, 2.45) is 0 Å². The van der Waals surface area contributed by atoms with Gasteiger partial charge in [-0.3, -0.25) is 0 Å². The molecule has 5 rings (SSSR count). The SMILES string of the molecule is Cc1ccc([S+](c2ccccc2)c2cc(C)ccc2C)cc1.O=C(OC(C(=O)O)C(OC(=O)c1ccccc1)C(=O)O)c1ccccc1. The number of hydrogen-bond acceptors (Lipinski definition) is 6. The van der Waals surface area contributed by atoms with E-state index >= 15 is 0 Å². The summed E-state index contributed by atoms with van der Waals surface area (Å²) in [5, 5.41) is 18.5. The first-order chi connectivity index (χ1) is 23.0. The van der Waals surface area contributed by atoms with Crippen LogP contribution in [0.5, 0.6) is 0 Å². The molecule has 5 aromatic carbocycles. The Morgan fingerprint density at radius 2 is 0.917 bits per heavy atom. The summed E-state index contributed by atoms with van der Waals surface area (Å²) < 4.78 is 9.52. The van der Waals surface area contributed by atoms with Gasteiger partial charge in [0.1, 0.15) is 0 Å². The lowest BCUT2D eigenvalue weighted by Crippen LogP contribution is -2.45. The summed E-state index contributed by atoms with van der Waals surface area (Å²) in [6.07, 6.45) is -4.43. The van der Waals surface area contributed by atoms with Gasteiger partial charge in [0, 0.05) is 5.56 Å². The van der Waals surface area contributed by atoms with Crippen molar-refractivity contribution in [2.75, 3.05) is 0 Å². The zero-order valence-electron chi connectivity index (χ0n) is 26.6. The number of carbonyl (C=O) groups is 4. The molecule has 0 aliphatic rings. The van der Waals surface area contributed by atoms with Crippen LogP contribution < -0.4 is 0 Å². The van der Waals surface area contributed by atoms with E-state index in [9.17, 15) is 29.4 Å². The van der Waals surface area contributed by atoms with Gasteiger partial charge in [0.2, 0.25) is 12.2 Å². The number of esters is 2. The molecule has 0 fully saturated rings. The van der Waals surface area contributed by atoms with E-state index in [1.165, 1.54) is 79.9 Å². The molecule has 9 heteroatoms. The highest BCUT2D eigenvalue weighted by atomic mass is 32.2. The maximum absolute atomic E-state index is 12.0. The predicted octanol–water partition coefficient (Wildman–Crippen LogP) is 7.31. The first-order valence-corrected chi connectivity index (χ1v) is 16.2. The molecule has 244 valence electrons. The molecular weight excluding hydrogens is 628 g/mol. The lowest BCUT2D eigenvalue weighted by atomic mass is 10.1. The molecule has 3 unspecified atom stereocenters. The van der Waals surface area contributed by atoms with Gasteiger partial charge < -0.3 is 19.7 Å². The smallest absolute Gasteiger partial charge is 0.349 e. The van der Waals surface area contributed by atoms with Crippen LogP contribution in [-0.2, 0) is 30.0 Å². The van der Waals surface area contributed by atoms with E-state index in [1.807, 2.05) is 0 Å². The van der Waals surface area contributed by atoms with E-state index < -0.39 is 36.1 Å². The van der Waals surface area contributed by atoms with Crippen LogP contribution in [0.4, 0.5) is 0 Å². The fraction of sp³-hybridized carbons (Fsp3) is 0.128. The number of carbonyl (C=O) groups excluding carboxylic acids is 2. The molecule has 0 aromatic heterocycles. The van der Waals surface area contributed by atoms with Gasteiger partial charge in [-0.1, -0.05) is 84.4 Å². The van der Waals surface area contributed by atoms with E-state index in [1.54, 1.807) is 12.1 Å². The quantitative estimate of drug-likeness (QED) is 0.118. The average molecular weight is 664 g/mol. The zero-order chi connectivity index (χ0) is 34.6. The minimum Gasteiger partial charge on any atom is -0.478 e. The highest BCUT2D eigenvalue weighted by Gasteiger charge is 2.41. The summed E-state index contributed by atoms with van der Waals surface area (Å²) in [6.45, 7) is 6.53. The molecule has 5 aromatic rings. The maximum atomic E-state index is 12.0. The lowest BCUT2D eigenvalue weighted by molar-refractivity contribution is -0.166. The largest absolute Gasteiger partial charge is 0.478 e.